The zero-order chi connectivity index (χ0) is 11.5. The summed E-state index contributed by atoms with van der Waals surface area (Å²) in [6.45, 7) is 2.04. The lowest BCUT2D eigenvalue weighted by atomic mass is 10.2. The first kappa shape index (κ1) is 11.5. The summed E-state index contributed by atoms with van der Waals surface area (Å²) in [4.78, 5) is 0. The molecule has 2 rings (SSSR count). The first-order valence-electron chi connectivity index (χ1n) is 5.14. The van der Waals surface area contributed by atoms with Crippen molar-refractivity contribution in [3.63, 3.8) is 0 Å². The quantitative estimate of drug-likeness (QED) is 0.880. The molecule has 0 amide bonds. The number of hydrogen-bond acceptors (Lipinski definition) is 3. The molecule has 0 saturated heterocycles. The molecule has 2 N–H and O–H groups in total. The van der Waals surface area contributed by atoms with Crippen LogP contribution in [0.5, 0.6) is 0 Å². The van der Waals surface area contributed by atoms with Crippen LogP contribution in [0.3, 0.4) is 0 Å². The van der Waals surface area contributed by atoms with E-state index in [4.69, 9.17) is 5.73 Å². The molecule has 5 heteroatoms. The van der Waals surface area contributed by atoms with Gasteiger partial charge in [0.25, 0.3) is 0 Å². The first-order valence-corrected chi connectivity index (χ1v) is 6.22. The molecule has 1 unspecified atom stereocenters. The summed E-state index contributed by atoms with van der Waals surface area (Å²) in [5, 5.41) is 8.14. The van der Waals surface area contributed by atoms with Gasteiger partial charge in [0.05, 0.1) is 23.6 Å². The van der Waals surface area contributed by atoms with Crippen LogP contribution in [-0.2, 0) is 0 Å². The van der Waals surface area contributed by atoms with Crippen molar-refractivity contribution in [2.24, 2.45) is 5.73 Å². The summed E-state index contributed by atoms with van der Waals surface area (Å²) in [5.41, 5.74) is 7.73. The van der Waals surface area contributed by atoms with Crippen molar-refractivity contribution in [3.8, 4) is 5.69 Å². The molecule has 0 bridgehead atoms. The Morgan fingerprint density at radius 1 is 1.38 bits per heavy atom. The Balaban J connectivity index is 2.28. The van der Waals surface area contributed by atoms with Crippen LogP contribution in [0.1, 0.15) is 25.1 Å². The highest BCUT2D eigenvalue weighted by Gasteiger charge is 2.08. The normalized spacial score (nSPS) is 12.7. The van der Waals surface area contributed by atoms with E-state index >= 15 is 0 Å². The van der Waals surface area contributed by atoms with Gasteiger partial charge in [0.1, 0.15) is 0 Å². The zero-order valence-electron chi connectivity index (χ0n) is 8.97. The van der Waals surface area contributed by atoms with Gasteiger partial charge in [-0.1, -0.05) is 12.1 Å². The van der Waals surface area contributed by atoms with Crippen molar-refractivity contribution in [2.45, 2.75) is 19.4 Å². The molecule has 1 aromatic heterocycles. The maximum absolute atomic E-state index is 5.89. The molecule has 16 heavy (non-hydrogen) atoms. The lowest BCUT2D eigenvalue weighted by Crippen LogP contribution is -2.08. The molecular weight excluding hydrogens is 315 g/mol. The Labute approximate surface area is 108 Å². The third kappa shape index (κ3) is 2.41. The minimum atomic E-state index is -0.0300. The third-order valence-corrected chi connectivity index (χ3v) is 3.14. The van der Waals surface area contributed by atoms with Crippen molar-refractivity contribution < 1.29 is 0 Å². The minimum Gasteiger partial charge on any atom is -0.323 e. The number of nitrogens with zero attached hydrogens (tertiary/aromatic N) is 3. The number of aromatic nitrogens is 3. The zero-order valence-corrected chi connectivity index (χ0v) is 11.1. The number of nitrogens with two attached hydrogens (primary N) is 1. The maximum Gasteiger partial charge on any atom is 0.0998 e. The summed E-state index contributed by atoms with van der Waals surface area (Å²) in [7, 11) is 0. The summed E-state index contributed by atoms with van der Waals surface area (Å²) in [6.07, 6.45) is 2.75. The van der Waals surface area contributed by atoms with Crippen LogP contribution in [0.2, 0.25) is 0 Å². The molecule has 0 aliphatic rings. The largest absolute Gasteiger partial charge is 0.323 e. The van der Waals surface area contributed by atoms with Gasteiger partial charge < -0.3 is 5.73 Å². The van der Waals surface area contributed by atoms with Gasteiger partial charge in [-0.2, -0.15) is 0 Å². The molecule has 0 radical (unpaired) electrons. The van der Waals surface area contributed by atoms with Gasteiger partial charge in [-0.15, -0.1) is 5.10 Å². The average Bonchev–Trinajstić information content (AvgIpc) is 2.78. The predicted octanol–water partition coefficient (Wildman–Crippen LogP) is 2.28. The summed E-state index contributed by atoms with van der Waals surface area (Å²) >= 11 is 2.27. The van der Waals surface area contributed by atoms with E-state index in [1.165, 1.54) is 3.57 Å². The minimum absolute atomic E-state index is 0.0300. The molecule has 84 valence electrons. The van der Waals surface area contributed by atoms with Crippen LogP contribution in [-0.4, -0.2) is 15.0 Å². The van der Waals surface area contributed by atoms with Gasteiger partial charge in [-0.3, -0.25) is 0 Å². The van der Waals surface area contributed by atoms with Gasteiger partial charge in [-0.05, 0) is 53.3 Å². The van der Waals surface area contributed by atoms with Gasteiger partial charge in [0, 0.05) is 3.57 Å². The van der Waals surface area contributed by atoms with Crippen LogP contribution in [0.25, 0.3) is 5.69 Å². The second kappa shape index (κ2) is 4.92. The standard InChI is InChI=1S/C11H13IN4/c1-2-10(13)11-7-16(15-14-11)9-5-3-8(12)4-6-9/h3-7,10H,2,13H2,1H3. The molecule has 0 saturated carbocycles. The smallest absolute Gasteiger partial charge is 0.0998 e. The Hall–Kier alpha value is -0.950. The van der Waals surface area contributed by atoms with Gasteiger partial charge in [0.2, 0.25) is 0 Å². The highest BCUT2D eigenvalue weighted by Crippen LogP contribution is 2.14. The van der Waals surface area contributed by atoms with Crippen LogP contribution in [0, 0.1) is 3.57 Å². The summed E-state index contributed by atoms with van der Waals surface area (Å²) < 4.78 is 2.95. The lowest BCUT2D eigenvalue weighted by Gasteiger charge is -2.02. The average molecular weight is 328 g/mol. The van der Waals surface area contributed by atoms with E-state index in [-0.39, 0.29) is 6.04 Å². The van der Waals surface area contributed by atoms with Crippen molar-refractivity contribution in [1.29, 1.82) is 0 Å². The molecule has 0 fully saturated rings. The van der Waals surface area contributed by atoms with E-state index in [1.807, 2.05) is 37.4 Å². The van der Waals surface area contributed by atoms with E-state index in [2.05, 4.69) is 32.9 Å². The fraction of sp³-hybridized carbons (Fsp3) is 0.273. The van der Waals surface area contributed by atoms with E-state index in [0.29, 0.717) is 0 Å². The number of benzene rings is 1. The van der Waals surface area contributed by atoms with E-state index in [0.717, 1.165) is 17.8 Å². The fourth-order valence-electron chi connectivity index (χ4n) is 1.38. The molecule has 0 aliphatic carbocycles. The van der Waals surface area contributed by atoms with Gasteiger partial charge in [0.15, 0.2) is 0 Å². The van der Waals surface area contributed by atoms with E-state index < -0.39 is 0 Å². The molecule has 0 spiro atoms. The van der Waals surface area contributed by atoms with E-state index in [9.17, 15) is 0 Å². The van der Waals surface area contributed by atoms with Crippen molar-refractivity contribution in [2.75, 3.05) is 0 Å². The molecule has 0 aliphatic heterocycles. The summed E-state index contributed by atoms with van der Waals surface area (Å²) in [6, 6.07) is 8.07. The lowest BCUT2D eigenvalue weighted by molar-refractivity contribution is 0.670. The Morgan fingerprint density at radius 3 is 2.69 bits per heavy atom. The van der Waals surface area contributed by atoms with E-state index in [1.54, 1.807) is 4.68 Å². The highest BCUT2D eigenvalue weighted by atomic mass is 127. The van der Waals surface area contributed by atoms with Crippen LogP contribution >= 0.6 is 22.6 Å². The monoisotopic (exact) mass is 328 g/mol. The predicted molar refractivity (Wildman–Crippen MR) is 71.3 cm³/mol. The number of halogens is 1. The fourth-order valence-corrected chi connectivity index (χ4v) is 1.74. The molecule has 1 atom stereocenters. The second-order valence-corrected chi connectivity index (χ2v) is 4.82. The maximum atomic E-state index is 5.89. The molecule has 2 aromatic rings. The Kier molecular flexibility index (Phi) is 3.55. The van der Waals surface area contributed by atoms with Crippen LogP contribution in [0.15, 0.2) is 30.5 Å². The first-order chi connectivity index (χ1) is 7.70. The Bertz CT molecular complexity index is 463. The SMILES string of the molecule is CCC(N)c1cn(-c2ccc(I)cc2)nn1. The van der Waals surface area contributed by atoms with Crippen LogP contribution in [0.4, 0.5) is 0 Å². The number of rotatable bonds is 3. The van der Waals surface area contributed by atoms with Crippen molar-refractivity contribution in [3.05, 3.63) is 39.7 Å². The third-order valence-electron chi connectivity index (χ3n) is 2.42. The molecular formula is C11H13IN4. The van der Waals surface area contributed by atoms with Gasteiger partial charge in [-0.25, -0.2) is 4.68 Å². The molecule has 4 nitrogen and oxygen atoms in total. The Morgan fingerprint density at radius 2 is 2.06 bits per heavy atom. The molecule has 1 heterocycles. The van der Waals surface area contributed by atoms with Gasteiger partial charge >= 0.3 is 0 Å². The van der Waals surface area contributed by atoms with Crippen molar-refractivity contribution in [1.82, 2.24) is 15.0 Å². The second-order valence-electron chi connectivity index (χ2n) is 3.58. The summed E-state index contributed by atoms with van der Waals surface area (Å²) in [5.74, 6) is 0. The molecule has 1 aromatic carbocycles. The highest BCUT2D eigenvalue weighted by molar-refractivity contribution is 14.1. The number of hydrogen-bond donors (Lipinski definition) is 1. The topological polar surface area (TPSA) is 56.7 Å². The van der Waals surface area contributed by atoms with Crippen LogP contribution < -0.4 is 5.73 Å². The van der Waals surface area contributed by atoms with Crippen molar-refractivity contribution >= 4 is 22.6 Å².